The Balaban J connectivity index is 2.89. The molecule has 76 valence electrons. The Morgan fingerprint density at radius 3 is 2.38 bits per heavy atom. The van der Waals surface area contributed by atoms with Crippen LogP contribution >= 0.6 is 0 Å². The maximum atomic E-state index is 11.3. The maximum Gasteiger partial charge on any atom is 0.313 e. The van der Waals surface area contributed by atoms with E-state index in [0.29, 0.717) is 0 Å². The molecule has 0 heterocycles. The van der Waals surface area contributed by atoms with Crippen molar-refractivity contribution in [3.05, 3.63) is 0 Å². The van der Waals surface area contributed by atoms with E-state index in [4.69, 9.17) is 10.2 Å². The number of carboxylic acid groups (broad SMARTS) is 1. The summed E-state index contributed by atoms with van der Waals surface area (Å²) in [6.45, 7) is 0.865. The van der Waals surface area contributed by atoms with Gasteiger partial charge in [-0.05, 0) is 6.42 Å². The number of aliphatic hydroxyl groups is 1. The Labute approximate surface area is 76.3 Å². The smallest absolute Gasteiger partial charge is 0.313 e. The van der Waals surface area contributed by atoms with Crippen LogP contribution in [0.2, 0.25) is 0 Å². The van der Waals surface area contributed by atoms with Gasteiger partial charge < -0.3 is 10.2 Å². The molecule has 2 N–H and O–H groups in total. The zero-order valence-electron chi connectivity index (χ0n) is 7.23. The zero-order valence-corrected chi connectivity index (χ0v) is 8.04. The van der Waals surface area contributed by atoms with Crippen molar-refractivity contribution in [3.8, 4) is 0 Å². The summed E-state index contributed by atoms with van der Waals surface area (Å²) in [6.07, 6.45) is 0.0367. The highest BCUT2D eigenvalue weighted by Crippen LogP contribution is 2.50. The fraction of sp³-hybridized carbons (Fsp3) is 0.857. The van der Waals surface area contributed by atoms with Gasteiger partial charge in [-0.3, -0.25) is 4.79 Å². The van der Waals surface area contributed by atoms with Gasteiger partial charge >= 0.3 is 5.97 Å². The molecule has 0 amide bonds. The standard InChI is InChI=1S/C7H12O5S/c1-2-13(11,12)5-3-7(5,4-8)6(9)10/h5,8H,2-4H2,1H3,(H,9,10)/t5-,7-/m1/s1. The molecular weight excluding hydrogens is 196 g/mol. The first-order valence-electron chi connectivity index (χ1n) is 3.96. The molecule has 0 aromatic rings. The number of sulfone groups is 1. The molecule has 0 spiro atoms. The molecule has 0 saturated heterocycles. The molecular formula is C7H12O5S. The predicted molar refractivity (Wildman–Crippen MR) is 45.0 cm³/mol. The number of aliphatic carboxylic acids is 1. The fourth-order valence-electron chi connectivity index (χ4n) is 1.40. The topological polar surface area (TPSA) is 91.7 Å². The molecule has 0 aliphatic heterocycles. The molecule has 1 fully saturated rings. The van der Waals surface area contributed by atoms with Gasteiger partial charge in [0.15, 0.2) is 9.84 Å². The lowest BCUT2D eigenvalue weighted by atomic mass is 10.1. The summed E-state index contributed by atoms with van der Waals surface area (Å²) in [5, 5.41) is 16.6. The Morgan fingerprint density at radius 1 is 1.62 bits per heavy atom. The number of hydrogen-bond donors (Lipinski definition) is 2. The first-order valence-corrected chi connectivity index (χ1v) is 5.68. The minimum Gasteiger partial charge on any atom is -0.481 e. The summed E-state index contributed by atoms with van der Waals surface area (Å²) >= 11 is 0. The van der Waals surface area contributed by atoms with Gasteiger partial charge in [0.2, 0.25) is 0 Å². The van der Waals surface area contributed by atoms with E-state index < -0.39 is 33.1 Å². The van der Waals surface area contributed by atoms with Crippen LogP contribution in [0.4, 0.5) is 0 Å². The minimum absolute atomic E-state index is 0.0367. The van der Waals surface area contributed by atoms with Crippen LogP contribution in [0.25, 0.3) is 0 Å². The highest BCUT2D eigenvalue weighted by Gasteiger charge is 2.65. The van der Waals surface area contributed by atoms with E-state index in [1.165, 1.54) is 6.92 Å². The van der Waals surface area contributed by atoms with E-state index in [0.717, 1.165) is 0 Å². The van der Waals surface area contributed by atoms with Crippen molar-refractivity contribution in [1.29, 1.82) is 0 Å². The van der Waals surface area contributed by atoms with E-state index >= 15 is 0 Å². The molecule has 13 heavy (non-hydrogen) atoms. The lowest BCUT2D eigenvalue weighted by molar-refractivity contribution is -0.144. The second-order valence-corrected chi connectivity index (χ2v) is 5.74. The fourth-order valence-corrected chi connectivity index (χ4v) is 3.22. The second kappa shape index (κ2) is 2.95. The van der Waals surface area contributed by atoms with E-state index in [-0.39, 0.29) is 12.2 Å². The molecule has 1 rings (SSSR count). The average Bonchev–Trinajstić information content (AvgIpc) is 2.80. The minimum atomic E-state index is -3.33. The molecule has 0 unspecified atom stereocenters. The van der Waals surface area contributed by atoms with Crippen LogP contribution in [0.15, 0.2) is 0 Å². The normalized spacial score (nSPS) is 32.9. The number of rotatable bonds is 4. The third-order valence-electron chi connectivity index (χ3n) is 2.55. The average molecular weight is 208 g/mol. The third-order valence-corrected chi connectivity index (χ3v) is 4.84. The second-order valence-electron chi connectivity index (χ2n) is 3.26. The molecule has 0 aromatic carbocycles. The Hall–Kier alpha value is -0.620. The summed E-state index contributed by atoms with van der Waals surface area (Å²) < 4.78 is 22.5. The van der Waals surface area contributed by atoms with E-state index in [1.807, 2.05) is 0 Å². The summed E-state index contributed by atoms with van der Waals surface area (Å²) in [4.78, 5) is 10.7. The van der Waals surface area contributed by atoms with Gasteiger partial charge in [0.05, 0.1) is 11.9 Å². The monoisotopic (exact) mass is 208 g/mol. The van der Waals surface area contributed by atoms with Crippen LogP contribution in [0.1, 0.15) is 13.3 Å². The number of aliphatic hydroxyl groups excluding tert-OH is 1. The molecule has 5 nitrogen and oxygen atoms in total. The van der Waals surface area contributed by atoms with Crippen molar-refractivity contribution < 1.29 is 23.4 Å². The molecule has 2 atom stereocenters. The first kappa shape index (κ1) is 10.5. The van der Waals surface area contributed by atoms with E-state index in [1.54, 1.807) is 0 Å². The lowest BCUT2D eigenvalue weighted by Crippen LogP contribution is -2.28. The molecule has 6 heteroatoms. The van der Waals surface area contributed by atoms with Crippen molar-refractivity contribution >= 4 is 15.8 Å². The first-order chi connectivity index (χ1) is 5.90. The van der Waals surface area contributed by atoms with Crippen LogP contribution in [0.5, 0.6) is 0 Å². The molecule has 0 bridgehead atoms. The number of hydrogen-bond acceptors (Lipinski definition) is 4. The van der Waals surface area contributed by atoms with Crippen molar-refractivity contribution in [2.24, 2.45) is 5.41 Å². The molecule has 0 aromatic heterocycles. The molecule has 1 aliphatic rings. The van der Waals surface area contributed by atoms with Crippen molar-refractivity contribution in [2.75, 3.05) is 12.4 Å². The van der Waals surface area contributed by atoms with E-state index in [9.17, 15) is 13.2 Å². The van der Waals surface area contributed by atoms with Crippen molar-refractivity contribution in [1.82, 2.24) is 0 Å². The molecule has 1 aliphatic carbocycles. The predicted octanol–water partition coefficient (Wildman–Crippen LogP) is -0.743. The van der Waals surface area contributed by atoms with Gasteiger partial charge in [0.25, 0.3) is 0 Å². The summed E-state index contributed by atoms with van der Waals surface area (Å²) in [6, 6.07) is 0. The van der Waals surface area contributed by atoms with Gasteiger partial charge in [0.1, 0.15) is 5.41 Å². The summed E-state index contributed by atoms with van der Waals surface area (Å²) in [5.74, 6) is -1.30. The SMILES string of the molecule is CCS(=O)(=O)[C@@H]1C[C@]1(CO)C(=O)O. The molecule has 0 radical (unpaired) electrons. The summed E-state index contributed by atoms with van der Waals surface area (Å²) in [5.41, 5.74) is -1.42. The van der Waals surface area contributed by atoms with Gasteiger partial charge in [-0.25, -0.2) is 8.42 Å². The Bertz CT molecular complexity index is 320. The maximum absolute atomic E-state index is 11.3. The van der Waals surface area contributed by atoms with Crippen molar-refractivity contribution in [2.45, 2.75) is 18.6 Å². The van der Waals surface area contributed by atoms with Gasteiger partial charge in [-0.2, -0.15) is 0 Å². The Morgan fingerprint density at radius 2 is 2.15 bits per heavy atom. The van der Waals surface area contributed by atoms with Crippen LogP contribution in [0.3, 0.4) is 0 Å². The summed E-state index contributed by atoms with van der Waals surface area (Å²) in [7, 11) is -3.33. The number of carbonyl (C=O) groups is 1. The third kappa shape index (κ3) is 1.44. The van der Waals surface area contributed by atoms with E-state index in [2.05, 4.69) is 0 Å². The van der Waals surface area contributed by atoms with Crippen molar-refractivity contribution in [3.63, 3.8) is 0 Å². The quantitative estimate of drug-likeness (QED) is 0.634. The van der Waals surface area contributed by atoms with Gasteiger partial charge in [0, 0.05) is 5.75 Å². The largest absolute Gasteiger partial charge is 0.481 e. The number of carboxylic acids is 1. The van der Waals surface area contributed by atoms with Gasteiger partial charge in [-0.1, -0.05) is 6.92 Å². The van der Waals surface area contributed by atoms with Crippen LogP contribution < -0.4 is 0 Å². The lowest BCUT2D eigenvalue weighted by Gasteiger charge is -2.07. The highest BCUT2D eigenvalue weighted by atomic mass is 32.2. The molecule has 1 saturated carbocycles. The van der Waals surface area contributed by atoms with Gasteiger partial charge in [-0.15, -0.1) is 0 Å². The Kier molecular flexibility index (Phi) is 2.38. The van der Waals surface area contributed by atoms with Crippen LogP contribution in [0, 0.1) is 5.41 Å². The zero-order chi connectivity index (χ0) is 10.3. The highest BCUT2D eigenvalue weighted by molar-refractivity contribution is 7.92. The van der Waals surface area contributed by atoms with Crippen LogP contribution in [-0.4, -0.2) is 42.2 Å². The van der Waals surface area contributed by atoms with Crippen LogP contribution in [-0.2, 0) is 14.6 Å².